The van der Waals surface area contributed by atoms with Gasteiger partial charge in [-0.2, -0.15) is 5.26 Å². The molecule has 0 saturated carbocycles. The fraction of sp³-hybridized carbons (Fsp3) is 0.265. The van der Waals surface area contributed by atoms with Gasteiger partial charge in [-0.05, 0) is 95.8 Å². The number of nitriles is 1. The Hall–Kier alpha value is -4.21. The largest absolute Gasteiger partial charge is 0.489 e. The topological polar surface area (TPSA) is 74.5 Å². The maximum Gasteiger partial charge on any atom is 0.259 e. The number of hydrogen-bond acceptors (Lipinski definition) is 5. The van der Waals surface area contributed by atoms with E-state index >= 15 is 0 Å². The van der Waals surface area contributed by atoms with Gasteiger partial charge in [-0.15, -0.1) is 11.3 Å². The van der Waals surface area contributed by atoms with Crippen LogP contribution in [0.1, 0.15) is 64.7 Å². The highest BCUT2D eigenvalue weighted by Gasteiger charge is 2.33. The first-order valence-corrected chi connectivity index (χ1v) is 14.4. The molecule has 0 fully saturated rings. The van der Waals surface area contributed by atoms with Crippen LogP contribution in [0.25, 0.3) is 0 Å². The van der Waals surface area contributed by atoms with Crippen LogP contribution < -0.4 is 10.1 Å². The molecular weight excluding hydrogens is 514 g/mol. The highest BCUT2D eigenvalue weighted by Crippen LogP contribution is 2.45. The van der Waals surface area contributed by atoms with Gasteiger partial charge in [0, 0.05) is 16.8 Å². The Labute approximate surface area is 240 Å². The van der Waals surface area contributed by atoms with Gasteiger partial charge in [-0.25, -0.2) is 4.99 Å². The maximum absolute atomic E-state index is 13.5. The number of fused-ring (bicyclic) bond motifs is 1. The second-order valence-corrected chi connectivity index (χ2v) is 12.3. The van der Waals surface area contributed by atoms with Crippen molar-refractivity contribution in [3.8, 4) is 11.8 Å². The van der Waals surface area contributed by atoms with Gasteiger partial charge in [0.05, 0.1) is 17.2 Å². The van der Waals surface area contributed by atoms with Crippen molar-refractivity contribution in [2.75, 3.05) is 5.32 Å². The lowest BCUT2D eigenvalue weighted by molar-refractivity contribution is 0.102. The molecule has 202 valence electrons. The summed E-state index contributed by atoms with van der Waals surface area (Å²) in [4.78, 5) is 19.6. The lowest BCUT2D eigenvalue weighted by atomic mass is 9.72. The van der Waals surface area contributed by atoms with Gasteiger partial charge in [-0.3, -0.25) is 4.79 Å². The van der Waals surface area contributed by atoms with Crippen molar-refractivity contribution < 1.29 is 9.53 Å². The van der Waals surface area contributed by atoms with Crippen LogP contribution in [0.3, 0.4) is 0 Å². The number of nitrogens with zero attached hydrogens (tertiary/aromatic N) is 2. The number of rotatable bonds is 7. The van der Waals surface area contributed by atoms with Gasteiger partial charge in [0.2, 0.25) is 0 Å². The minimum Gasteiger partial charge on any atom is -0.489 e. The lowest BCUT2D eigenvalue weighted by Crippen LogP contribution is -2.27. The van der Waals surface area contributed by atoms with Gasteiger partial charge in [0.1, 0.15) is 17.4 Å². The fourth-order valence-electron chi connectivity index (χ4n) is 4.98. The van der Waals surface area contributed by atoms with E-state index < -0.39 is 0 Å². The molecule has 3 aromatic carbocycles. The predicted molar refractivity (Wildman–Crippen MR) is 163 cm³/mol. The van der Waals surface area contributed by atoms with Crippen LogP contribution >= 0.6 is 11.3 Å². The van der Waals surface area contributed by atoms with Gasteiger partial charge >= 0.3 is 0 Å². The third kappa shape index (κ3) is 6.50. The number of amides is 1. The molecule has 0 radical (unpaired) electrons. The van der Waals surface area contributed by atoms with E-state index in [2.05, 4.69) is 32.2 Å². The van der Waals surface area contributed by atoms with Gasteiger partial charge in [-0.1, -0.05) is 51.1 Å². The summed E-state index contributed by atoms with van der Waals surface area (Å²) in [7, 11) is 0. The fourth-order valence-corrected chi connectivity index (χ4v) is 6.24. The molecule has 1 aliphatic rings. The summed E-state index contributed by atoms with van der Waals surface area (Å²) in [6.07, 6.45) is 4.77. The van der Waals surface area contributed by atoms with Gasteiger partial charge in [0.25, 0.3) is 5.91 Å². The Bertz CT molecular complexity index is 1540. The molecule has 5 nitrogen and oxygen atoms in total. The van der Waals surface area contributed by atoms with E-state index in [1.807, 2.05) is 72.9 Å². The Morgan fingerprint density at radius 2 is 1.80 bits per heavy atom. The average Bonchev–Trinajstić information content (AvgIpc) is 3.34. The normalized spacial score (nSPS) is 14.9. The van der Waals surface area contributed by atoms with Crippen molar-refractivity contribution in [3.05, 3.63) is 112 Å². The van der Waals surface area contributed by atoms with E-state index in [0.29, 0.717) is 23.7 Å². The highest BCUT2D eigenvalue weighted by molar-refractivity contribution is 7.16. The van der Waals surface area contributed by atoms with Crippen LogP contribution in [-0.4, -0.2) is 12.1 Å². The molecule has 6 heteroatoms. The summed E-state index contributed by atoms with van der Waals surface area (Å²) in [6, 6.07) is 26.8. The number of nitrogens with one attached hydrogen (secondary N) is 1. The molecule has 0 aliphatic heterocycles. The van der Waals surface area contributed by atoms with Crippen molar-refractivity contribution in [2.45, 2.75) is 46.6 Å². The van der Waals surface area contributed by atoms with Crippen molar-refractivity contribution in [1.82, 2.24) is 0 Å². The third-order valence-corrected chi connectivity index (χ3v) is 8.59. The van der Waals surface area contributed by atoms with E-state index in [-0.39, 0.29) is 11.3 Å². The summed E-state index contributed by atoms with van der Waals surface area (Å²) in [5.41, 5.74) is 5.42. The first-order chi connectivity index (χ1) is 19.3. The number of thiophene rings is 1. The SMILES string of the molecule is CC(C)(C)[C@@H]1CCc2c(sc(N=Cc3ccc(OCc4ccc(C#N)cc4)cc3)c2C(=O)Nc2ccccc2)C1. The Kier molecular flexibility index (Phi) is 8.14. The number of carbonyl (C=O) groups is 1. The molecule has 1 amide bonds. The number of para-hydroxylation sites is 1. The molecule has 0 unspecified atom stereocenters. The predicted octanol–water partition coefficient (Wildman–Crippen LogP) is 8.35. The Morgan fingerprint density at radius 1 is 1.07 bits per heavy atom. The van der Waals surface area contributed by atoms with Crippen LogP contribution in [0.2, 0.25) is 0 Å². The molecule has 1 N–H and O–H groups in total. The van der Waals surface area contributed by atoms with E-state index in [1.54, 1.807) is 23.5 Å². The second kappa shape index (κ2) is 11.9. The molecule has 0 spiro atoms. The van der Waals surface area contributed by atoms with E-state index in [1.165, 1.54) is 4.88 Å². The quantitative estimate of drug-likeness (QED) is 0.236. The van der Waals surface area contributed by atoms with E-state index in [9.17, 15) is 4.79 Å². The molecule has 5 rings (SSSR count). The number of aliphatic imine (C=N–C) groups is 1. The molecule has 0 saturated heterocycles. The Morgan fingerprint density at radius 3 is 2.48 bits per heavy atom. The zero-order valence-corrected chi connectivity index (χ0v) is 23.9. The summed E-state index contributed by atoms with van der Waals surface area (Å²) >= 11 is 1.65. The number of hydrogen-bond donors (Lipinski definition) is 1. The summed E-state index contributed by atoms with van der Waals surface area (Å²) < 4.78 is 5.90. The van der Waals surface area contributed by atoms with Crippen LogP contribution in [0.5, 0.6) is 5.75 Å². The monoisotopic (exact) mass is 547 g/mol. The zero-order chi connectivity index (χ0) is 28.1. The number of anilines is 1. The lowest BCUT2D eigenvalue weighted by Gasteiger charge is -2.33. The molecule has 1 heterocycles. The first-order valence-electron chi connectivity index (χ1n) is 13.6. The standard InChI is InChI=1S/C34H33N3O2S/c1-34(2,3)26-15-18-29-30(19-26)40-33(31(29)32(38)37-27-7-5-4-6-8-27)36-21-24-13-16-28(17-14-24)39-22-25-11-9-23(20-35)10-12-25/h4-14,16-17,21,26H,15,18-19,22H2,1-3H3,(H,37,38)/t26-/m1/s1. The third-order valence-electron chi connectivity index (χ3n) is 7.43. The van der Waals surface area contributed by atoms with Crippen LogP contribution in [0, 0.1) is 22.7 Å². The second-order valence-electron chi connectivity index (χ2n) is 11.2. The molecule has 1 aromatic heterocycles. The smallest absolute Gasteiger partial charge is 0.259 e. The van der Waals surface area contributed by atoms with Crippen molar-refractivity contribution in [1.29, 1.82) is 5.26 Å². The molecule has 1 atom stereocenters. The van der Waals surface area contributed by atoms with Gasteiger partial charge in [0.15, 0.2) is 0 Å². The maximum atomic E-state index is 13.5. The Balaban J connectivity index is 1.34. The molecular formula is C34H33N3O2S. The van der Waals surface area contributed by atoms with Gasteiger partial charge < -0.3 is 10.1 Å². The van der Waals surface area contributed by atoms with E-state index in [4.69, 9.17) is 15.0 Å². The number of ether oxygens (including phenoxy) is 1. The van der Waals surface area contributed by atoms with E-state index in [0.717, 1.165) is 52.4 Å². The summed E-state index contributed by atoms with van der Waals surface area (Å²) in [5.74, 6) is 1.23. The average molecular weight is 548 g/mol. The minimum absolute atomic E-state index is 0.100. The number of benzene rings is 3. The van der Waals surface area contributed by atoms with Crippen molar-refractivity contribution in [2.24, 2.45) is 16.3 Å². The molecule has 0 bridgehead atoms. The first kappa shape index (κ1) is 27.4. The summed E-state index contributed by atoms with van der Waals surface area (Å²) in [6.45, 7) is 7.33. The van der Waals surface area contributed by atoms with Crippen LogP contribution in [0.15, 0.2) is 83.9 Å². The van der Waals surface area contributed by atoms with Crippen LogP contribution in [0.4, 0.5) is 10.7 Å². The molecule has 4 aromatic rings. The van der Waals surface area contributed by atoms with Crippen molar-refractivity contribution in [3.63, 3.8) is 0 Å². The van der Waals surface area contributed by atoms with Crippen LogP contribution in [-0.2, 0) is 19.4 Å². The van der Waals surface area contributed by atoms with Crippen molar-refractivity contribution >= 4 is 34.1 Å². The zero-order valence-electron chi connectivity index (χ0n) is 23.1. The minimum atomic E-state index is -0.100. The molecule has 1 aliphatic carbocycles. The highest BCUT2D eigenvalue weighted by atomic mass is 32.1. The summed E-state index contributed by atoms with van der Waals surface area (Å²) in [5, 5.41) is 12.8. The molecule has 40 heavy (non-hydrogen) atoms. The number of carbonyl (C=O) groups excluding carboxylic acids is 1.